The molecule has 1 aliphatic rings. The van der Waals surface area contributed by atoms with Crippen molar-refractivity contribution in [2.45, 2.75) is 58.8 Å². The van der Waals surface area contributed by atoms with Crippen LogP contribution in [-0.2, 0) is 0 Å². The van der Waals surface area contributed by atoms with Crippen LogP contribution in [0.1, 0.15) is 58.8 Å². The van der Waals surface area contributed by atoms with E-state index in [-0.39, 0.29) is 0 Å². The molecule has 0 amide bonds. The Labute approximate surface area is 106 Å². The lowest BCUT2D eigenvalue weighted by Gasteiger charge is -2.28. The predicted molar refractivity (Wildman–Crippen MR) is 75.5 cm³/mol. The summed E-state index contributed by atoms with van der Waals surface area (Å²) in [6, 6.07) is 0. The van der Waals surface area contributed by atoms with Gasteiger partial charge < -0.3 is 10.6 Å². The normalized spacial score (nSPS) is 19.4. The molecule has 2 N–H and O–H groups in total. The lowest BCUT2D eigenvalue weighted by molar-refractivity contribution is 0.283. The lowest BCUT2D eigenvalue weighted by atomic mass is 9.83. The number of nitrogens with zero attached hydrogens (tertiary/aromatic N) is 1. The summed E-state index contributed by atoms with van der Waals surface area (Å²) >= 11 is 0. The maximum absolute atomic E-state index is 4.28. The molecule has 3 heteroatoms. The Balaban J connectivity index is 2.31. The zero-order valence-corrected chi connectivity index (χ0v) is 11.8. The highest BCUT2D eigenvalue weighted by Gasteiger charge is 2.31. The van der Waals surface area contributed by atoms with Gasteiger partial charge in [-0.3, -0.25) is 4.99 Å². The smallest absolute Gasteiger partial charge is 0.190 e. The van der Waals surface area contributed by atoms with Crippen LogP contribution in [0.4, 0.5) is 0 Å². The molecule has 0 aromatic carbocycles. The summed E-state index contributed by atoms with van der Waals surface area (Å²) in [6.45, 7) is 6.63. The van der Waals surface area contributed by atoms with E-state index in [1.54, 1.807) is 0 Å². The van der Waals surface area contributed by atoms with E-state index in [4.69, 9.17) is 0 Å². The highest BCUT2D eigenvalue weighted by Crippen LogP contribution is 2.40. The lowest BCUT2D eigenvalue weighted by Crippen LogP contribution is -2.43. The van der Waals surface area contributed by atoms with Crippen LogP contribution in [0.25, 0.3) is 0 Å². The number of rotatable bonds is 6. The monoisotopic (exact) mass is 239 g/mol. The Hall–Kier alpha value is -0.730. The summed E-state index contributed by atoms with van der Waals surface area (Å²) < 4.78 is 0. The van der Waals surface area contributed by atoms with Gasteiger partial charge in [-0.1, -0.05) is 33.1 Å². The molecule has 0 unspecified atom stereocenters. The van der Waals surface area contributed by atoms with Gasteiger partial charge in [-0.15, -0.1) is 0 Å². The molecular formula is C14H29N3. The SMILES string of the molecule is CCCCNC(=NC)NCC1(CC)CCCC1. The fourth-order valence-electron chi connectivity index (χ4n) is 2.66. The van der Waals surface area contributed by atoms with Crippen molar-refractivity contribution in [2.24, 2.45) is 10.4 Å². The van der Waals surface area contributed by atoms with Crippen LogP contribution in [0.2, 0.25) is 0 Å². The third-order valence-electron chi connectivity index (χ3n) is 4.09. The van der Waals surface area contributed by atoms with E-state index in [0.29, 0.717) is 5.41 Å². The van der Waals surface area contributed by atoms with Crippen LogP contribution in [0, 0.1) is 5.41 Å². The van der Waals surface area contributed by atoms with Crippen LogP contribution in [0.5, 0.6) is 0 Å². The van der Waals surface area contributed by atoms with E-state index >= 15 is 0 Å². The molecule has 0 aromatic rings. The van der Waals surface area contributed by atoms with Gasteiger partial charge in [0, 0.05) is 20.1 Å². The third-order valence-corrected chi connectivity index (χ3v) is 4.09. The summed E-state index contributed by atoms with van der Waals surface area (Å²) in [5, 5.41) is 6.88. The number of aliphatic imine (C=N–C) groups is 1. The highest BCUT2D eigenvalue weighted by molar-refractivity contribution is 5.79. The van der Waals surface area contributed by atoms with Crippen LogP contribution in [-0.4, -0.2) is 26.1 Å². The van der Waals surface area contributed by atoms with Crippen molar-refractivity contribution in [3.63, 3.8) is 0 Å². The minimum absolute atomic E-state index is 0.530. The van der Waals surface area contributed by atoms with Crippen molar-refractivity contribution in [1.29, 1.82) is 0 Å². The molecule has 17 heavy (non-hydrogen) atoms. The zero-order chi connectivity index (χ0) is 12.6. The van der Waals surface area contributed by atoms with Gasteiger partial charge in [-0.25, -0.2) is 0 Å². The molecule has 3 nitrogen and oxygen atoms in total. The molecule has 0 spiro atoms. The molecule has 0 heterocycles. The maximum Gasteiger partial charge on any atom is 0.190 e. The third kappa shape index (κ3) is 4.57. The first-order chi connectivity index (χ1) is 8.26. The molecule has 100 valence electrons. The molecular weight excluding hydrogens is 210 g/mol. The van der Waals surface area contributed by atoms with Crippen LogP contribution in [0.3, 0.4) is 0 Å². The molecule has 1 rings (SSSR count). The van der Waals surface area contributed by atoms with E-state index in [1.165, 1.54) is 44.9 Å². The van der Waals surface area contributed by atoms with E-state index in [9.17, 15) is 0 Å². The minimum atomic E-state index is 0.530. The molecule has 1 saturated carbocycles. The summed E-state index contributed by atoms with van der Waals surface area (Å²) in [5.74, 6) is 0.971. The van der Waals surface area contributed by atoms with Gasteiger partial charge in [0.1, 0.15) is 0 Å². The van der Waals surface area contributed by atoms with E-state index in [1.807, 2.05) is 7.05 Å². The Morgan fingerprint density at radius 2 is 1.88 bits per heavy atom. The average Bonchev–Trinajstić information content (AvgIpc) is 2.83. The molecule has 1 fully saturated rings. The summed E-state index contributed by atoms with van der Waals surface area (Å²) in [6.07, 6.45) is 9.27. The second-order valence-electron chi connectivity index (χ2n) is 5.27. The van der Waals surface area contributed by atoms with Crippen LogP contribution >= 0.6 is 0 Å². The number of guanidine groups is 1. The summed E-state index contributed by atoms with van der Waals surface area (Å²) in [7, 11) is 1.86. The molecule has 0 bridgehead atoms. The van der Waals surface area contributed by atoms with Crippen LogP contribution in [0.15, 0.2) is 4.99 Å². The van der Waals surface area contributed by atoms with Gasteiger partial charge in [-0.05, 0) is 31.1 Å². The second-order valence-corrected chi connectivity index (χ2v) is 5.27. The summed E-state index contributed by atoms with van der Waals surface area (Å²) in [4.78, 5) is 4.28. The largest absolute Gasteiger partial charge is 0.356 e. The van der Waals surface area contributed by atoms with Crippen molar-refractivity contribution in [3.8, 4) is 0 Å². The van der Waals surface area contributed by atoms with Gasteiger partial charge in [0.2, 0.25) is 0 Å². The first kappa shape index (κ1) is 14.3. The van der Waals surface area contributed by atoms with E-state index in [2.05, 4.69) is 29.5 Å². The van der Waals surface area contributed by atoms with Crippen molar-refractivity contribution in [2.75, 3.05) is 20.1 Å². The number of unbranched alkanes of at least 4 members (excludes halogenated alkanes) is 1. The fraction of sp³-hybridized carbons (Fsp3) is 0.929. The van der Waals surface area contributed by atoms with Gasteiger partial charge >= 0.3 is 0 Å². The quantitative estimate of drug-likeness (QED) is 0.425. The maximum atomic E-state index is 4.28. The van der Waals surface area contributed by atoms with E-state index < -0.39 is 0 Å². The number of hydrogen-bond acceptors (Lipinski definition) is 1. The predicted octanol–water partition coefficient (Wildman–Crippen LogP) is 2.92. The van der Waals surface area contributed by atoms with Gasteiger partial charge in [0.05, 0.1) is 0 Å². The zero-order valence-electron chi connectivity index (χ0n) is 11.8. The molecule has 0 radical (unpaired) electrons. The highest BCUT2D eigenvalue weighted by atomic mass is 15.2. The van der Waals surface area contributed by atoms with Gasteiger partial charge in [0.15, 0.2) is 5.96 Å². The Kier molecular flexibility index (Phi) is 6.38. The number of hydrogen-bond donors (Lipinski definition) is 2. The molecule has 1 aliphatic carbocycles. The van der Waals surface area contributed by atoms with Crippen molar-refractivity contribution in [1.82, 2.24) is 10.6 Å². The Morgan fingerprint density at radius 1 is 1.18 bits per heavy atom. The van der Waals surface area contributed by atoms with E-state index in [0.717, 1.165) is 19.0 Å². The first-order valence-electron chi connectivity index (χ1n) is 7.21. The number of nitrogens with one attached hydrogen (secondary N) is 2. The van der Waals surface area contributed by atoms with Gasteiger partial charge in [0.25, 0.3) is 0 Å². The molecule has 0 aliphatic heterocycles. The Bertz CT molecular complexity index is 230. The van der Waals surface area contributed by atoms with Crippen LogP contribution < -0.4 is 10.6 Å². The standard InChI is InChI=1S/C14H29N3/c1-4-6-11-16-13(15-3)17-12-14(5-2)9-7-8-10-14/h4-12H2,1-3H3,(H2,15,16,17). The van der Waals surface area contributed by atoms with Crippen molar-refractivity contribution < 1.29 is 0 Å². The van der Waals surface area contributed by atoms with Crippen molar-refractivity contribution >= 4 is 5.96 Å². The molecule has 0 saturated heterocycles. The topological polar surface area (TPSA) is 36.4 Å². The summed E-state index contributed by atoms with van der Waals surface area (Å²) in [5.41, 5.74) is 0.530. The molecule has 0 atom stereocenters. The molecule has 0 aromatic heterocycles. The minimum Gasteiger partial charge on any atom is -0.356 e. The average molecular weight is 239 g/mol. The Morgan fingerprint density at radius 3 is 2.41 bits per heavy atom. The van der Waals surface area contributed by atoms with Crippen molar-refractivity contribution in [3.05, 3.63) is 0 Å². The first-order valence-corrected chi connectivity index (χ1v) is 7.21. The van der Waals surface area contributed by atoms with Gasteiger partial charge in [-0.2, -0.15) is 0 Å². The second kappa shape index (κ2) is 7.57. The fourth-order valence-corrected chi connectivity index (χ4v) is 2.66.